The number of fused-ring (bicyclic) bond motifs is 1. The molecule has 0 spiro atoms. The van der Waals surface area contributed by atoms with Crippen LogP contribution in [0.1, 0.15) is 35.4 Å². The van der Waals surface area contributed by atoms with Crippen molar-refractivity contribution < 1.29 is 9.21 Å². The van der Waals surface area contributed by atoms with Gasteiger partial charge >= 0.3 is 0 Å². The maximum atomic E-state index is 12.1. The van der Waals surface area contributed by atoms with Crippen molar-refractivity contribution in [1.29, 1.82) is 0 Å². The molecule has 2 heterocycles. The van der Waals surface area contributed by atoms with Crippen LogP contribution in [0.3, 0.4) is 0 Å². The maximum absolute atomic E-state index is 12.1. The van der Waals surface area contributed by atoms with Gasteiger partial charge in [0.1, 0.15) is 5.58 Å². The van der Waals surface area contributed by atoms with Crippen molar-refractivity contribution in [2.75, 3.05) is 19.6 Å². The van der Waals surface area contributed by atoms with Gasteiger partial charge in [-0.2, -0.15) is 0 Å². The molecule has 0 amide bonds. The second kappa shape index (κ2) is 5.17. The summed E-state index contributed by atoms with van der Waals surface area (Å²) in [4.78, 5) is 14.5. The zero-order valence-corrected chi connectivity index (χ0v) is 11.3. The molecule has 1 fully saturated rings. The van der Waals surface area contributed by atoms with Crippen molar-refractivity contribution in [3.63, 3.8) is 0 Å². The maximum Gasteiger partial charge on any atom is 0.199 e. The fourth-order valence-electron chi connectivity index (χ4n) is 2.69. The molecule has 2 aromatic rings. The Balaban J connectivity index is 1.70. The summed E-state index contributed by atoms with van der Waals surface area (Å²) in [6.07, 6.45) is 3.08. The molecule has 0 N–H and O–H groups in total. The highest BCUT2D eigenvalue weighted by Gasteiger charge is 2.16. The lowest BCUT2D eigenvalue weighted by atomic mass is 10.1. The van der Waals surface area contributed by atoms with Gasteiger partial charge in [-0.25, -0.2) is 0 Å². The highest BCUT2D eigenvalue weighted by Crippen LogP contribution is 2.21. The fraction of sp³-hybridized carbons (Fsp3) is 0.438. The van der Waals surface area contributed by atoms with E-state index in [0.717, 1.165) is 30.6 Å². The molecule has 1 aliphatic heterocycles. The lowest BCUT2D eigenvalue weighted by Gasteiger charge is -2.12. The Morgan fingerprint density at radius 3 is 2.84 bits per heavy atom. The van der Waals surface area contributed by atoms with E-state index in [4.69, 9.17) is 4.42 Å². The number of Topliss-reactive ketones (excluding diaryl/α,β-unsaturated/α-hetero) is 1. The molecule has 0 unspecified atom stereocenters. The lowest BCUT2D eigenvalue weighted by Crippen LogP contribution is -2.22. The van der Waals surface area contributed by atoms with Gasteiger partial charge in [-0.3, -0.25) is 4.79 Å². The number of hydrogen-bond acceptors (Lipinski definition) is 3. The molecule has 0 atom stereocenters. The molecule has 3 nitrogen and oxygen atoms in total. The quantitative estimate of drug-likeness (QED) is 0.787. The van der Waals surface area contributed by atoms with E-state index in [1.54, 1.807) is 0 Å². The summed E-state index contributed by atoms with van der Waals surface area (Å²) < 4.78 is 5.63. The van der Waals surface area contributed by atoms with Crippen molar-refractivity contribution in [3.05, 3.63) is 35.6 Å². The topological polar surface area (TPSA) is 33.5 Å². The van der Waals surface area contributed by atoms with Crippen LogP contribution in [0.4, 0.5) is 0 Å². The van der Waals surface area contributed by atoms with Gasteiger partial charge in [0, 0.05) is 18.4 Å². The van der Waals surface area contributed by atoms with Crippen LogP contribution in [-0.2, 0) is 0 Å². The van der Waals surface area contributed by atoms with Gasteiger partial charge in [0.15, 0.2) is 11.5 Å². The zero-order chi connectivity index (χ0) is 13.2. The van der Waals surface area contributed by atoms with Gasteiger partial charge < -0.3 is 9.32 Å². The Labute approximate surface area is 113 Å². The summed E-state index contributed by atoms with van der Waals surface area (Å²) in [5.41, 5.74) is 1.99. The molecule has 0 radical (unpaired) electrons. The van der Waals surface area contributed by atoms with Crippen LogP contribution in [-0.4, -0.2) is 30.3 Å². The number of ketones is 1. The van der Waals surface area contributed by atoms with Crippen molar-refractivity contribution in [3.8, 4) is 0 Å². The van der Waals surface area contributed by atoms with Crippen LogP contribution in [0, 0.1) is 6.92 Å². The summed E-state index contributed by atoms with van der Waals surface area (Å²) in [5, 5.41) is 1.02. The smallest absolute Gasteiger partial charge is 0.199 e. The van der Waals surface area contributed by atoms with Crippen molar-refractivity contribution in [1.82, 2.24) is 4.90 Å². The van der Waals surface area contributed by atoms with Crippen molar-refractivity contribution in [2.24, 2.45) is 0 Å². The minimum absolute atomic E-state index is 0.112. The Kier molecular flexibility index (Phi) is 3.38. The molecule has 3 heteroatoms. The molecule has 1 saturated heterocycles. The van der Waals surface area contributed by atoms with Crippen molar-refractivity contribution in [2.45, 2.75) is 26.2 Å². The van der Waals surface area contributed by atoms with E-state index in [1.807, 2.05) is 25.1 Å². The monoisotopic (exact) mass is 257 g/mol. The second-order valence-corrected chi connectivity index (χ2v) is 5.37. The van der Waals surface area contributed by atoms with E-state index in [1.165, 1.54) is 18.4 Å². The average molecular weight is 257 g/mol. The van der Waals surface area contributed by atoms with E-state index >= 15 is 0 Å². The number of carbonyl (C=O) groups is 1. The summed E-state index contributed by atoms with van der Waals surface area (Å²) in [6.45, 7) is 5.16. The first-order chi connectivity index (χ1) is 9.22. The highest BCUT2D eigenvalue weighted by molar-refractivity contribution is 5.97. The SMILES string of the molecule is Cc1ccc2oc(C(=O)CCN3CCCC3)cc2c1. The normalized spacial score (nSPS) is 16.3. The lowest BCUT2D eigenvalue weighted by molar-refractivity contribution is 0.0944. The number of likely N-dealkylation sites (tertiary alicyclic amines) is 1. The number of carbonyl (C=O) groups excluding carboxylic acids is 1. The predicted octanol–water partition coefficient (Wildman–Crippen LogP) is 3.41. The number of furan rings is 1. The van der Waals surface area contributed by atoms with E-state index in [-0.39, 0.29) is 5.78 Å². The Morgan fingerprint density at radius 2 is 2.05 bits per heavy atom. The number of benzene rings is 1. The molecule has 0 bridgehead atoms. The number of rotatable bonds is 4. The van der Waals surface area contributed by atoms with Gasteiger partial charge in [-0.05, 0) is 51.1 Å². The summed E-state index contributed by atoms with van der Waals surface area (Å²) in [7, 11) is 0. The van der Waals surface area contributed by atoms with Crippen LogP contribution in [0.15, 0.2) is 28.7 Å². The van der Waals surface area contributed by atoms with Crippen LogP contribution < -0.4 is 0 Å². The number of hydrogen-bond donors (Lipinski definition) is 0. The largest absolute Gasteiger partial charge is 0.453 e. The first-order valence-electron chi connectivity index (χ1n) is 6.98. The molecule has 0 saturated carbocycles. The molecule has 19 heavy (non-hydrogen) atoms. The summed E-state index contributed by atoms with van der Waals surface area (Å²) in [5.74, 6) is 0.612. The fourth-order valence-corrected chi connectivity index (χ4v) is 2.69. The third-order valence-corrected chi connectivity index (χ3v) is 3.80. The standard InChI is InChI=1S/C16H19NO2/c1-12-4-5-15-13(10-12)11-16(19-15)14(18)6-9-17-7-2-3-8-17/h4-5,10-11H,2-3,6-9H2,1H3. The molecule has 3 rings (SSSR count). The zero-order valence-electron chi connectivity index (χ0n) is 11.3. The van der Waals surface area contributed by atoms with Gasteiger partial charge in [-0.1, -0.05) is 11.6 Å². The van der Waals surface area contributed by atoms with Crippen LogP contribution in [0.2, 0.25) is 0 Å². The van der Waals surface area contributed by atoms with Gasteiger partial charge in [0.05, 0.1) is 0 Å². The Hall–Kier alpha value is -1.61. The summed E-state index contributed by atoms with van der Waals surface area (Å²) >= 11 is 0. The van der Waals surface area contributed by atoms with E-state index < -0.39 is 0 Å². The second-order valence-electron chi connectivity index (χ2n) is 5.37. The highest BCUT2D eigenvalue weighted by atomic mass is 16.3. The van der Waals surface area contributed by atoms with Gasteiger partial charge in [0.2, 0.25) is 0 Å². The molecule has 1 aliphatic rings. The van der Waals surface area contributed by atoms with Gasteiger partial charge in [0.25, 0.3) is 0 Å². The molecule has 100 valence electrons. The van der Waals surface area contributed by atoms with Crippen molar-refractivity contribution >= 4 is 16.8 Å². The first-order valence-corrected chi connectivity index (χ1v) is 6.98. The molecule has 0 aliphatic carbocycles. The number of aryl methyl sites for hydroxylation is 1. The minimum Gasteiger partial charge on any atom is -0.453 e. The number of nitrogens with zero attached hydrogens (tertiary/aromatic N) is 1. The van der Waals surface area contributed by atoms with Crippen LogP contribution in [0.25, 0.3) is 11.0 Å². The molecular formula is C16H19NO2. The van der Waals surface area contributed by atoms with E-state index in [2.05, 4.69) is 11.0 Å². The van der Waals surface area contributed by atoms with Crippen LogP contribution >= 0.6 is 0 Å². The minimum atomic E-state index is 0.112. The Bertz CT molecular complexity index is 594. The first kappa shape index (κ1) is 12.4. The molecule has 1 aromatic heterocycles. The predicted molar refractivity (Wildman–Crippen MR) is 75.6 cm³/mol. The van der Waals surface area contributed by atoms with Crippen LogP contribution in [0.5, 0.6) is 0 Å². The van der Waals surface area contributed by atoms with E-state index in [9.17, 15) is 4.79 Å². The molecular weight excluding hydrogens is 238 g/mol. The van der Waals surface area contributed by atoms with E-state index in [0.29, 0.717) is 12.2 Å². The summed E-state index contributed by atoms with van der Waals surface area (Å²) in [6, 6.07) is 7.86. The molecule has 1 aromatic carbocycles. The Morgan fingerprint density at radius 1 is 1.26 bits per heavy atom. The third-order valence-electron chi connectivity index (χ3n) is 3.80. The van der Waals surface area contributed by atoms with Gasteiger partial charge in [-0.15, -0.1) is 0 Å². The third kappa shape index (κ3) is 2.71. The average Bonchev–Trinajstić information content (AvgIpc) is 3.04.